The van der Waals surface area contributed by atoms with Gasteiger partial charge in [-0.15, -0.1) is 0 Å². The minimum atomic E-state index is -4.84. The second-order valence-electron chi connectivity index (χ2n) is 14.3. The number of nitrogens with one attached hydrogen (secondary N) is 1. The highest BCUT2D eigenvalue weighted by molar-refractivity contribution is 7.89. The first kappa shape index (κ1) is 36.8. The van der Waals surface area contributed by atoms with E-state index in [1.807, 2.05) is 24.3 Å². The number of hydrogen-bond acceptors (Lipinski definition) is 5. The summed E-state index contributed by atoms with van der Waals surface area (Å²) in [7, 11) is -4.82. The van der Waals surface area contributed by atoms with Crippen LogP contribution in [-0.4, -0.2) is 78.1 Å². The van der Waals surface area contributed by atoms with Crippen LogP contribution in [0.4, 0.5) is 22.0 Å². The number of sulfonamides is 1. The third-order valence-electron chi connectivity index (χ3n) is 11.3. The molecule has 3 aliphatic rings. The van der Waals surface area contributed by atoms with Gasteiger partial charge in [0.15, 0.2) is 0 Å². The molecule has 1 aromatic heterocycles. The summed E-state index contributed by atoms with van der Waals surface area (Å²) in [6.07, 6.45) is 0.961. The summed E-state index contributed by atoms with van der Waals surface area (Å²) >= 11 is 5.93. The van der Waals surface area contributed by atoms with Crippen molar-refractivity contribution in [2.45, 2.75) is 86.5 Å². The molecule has 52 heavy (non-hydrogen) atoms. The molecule has 2 atom stereocenters. The Morgan fingerprint density at radius 1 is 0.981 bits per heavy atom. The molecular formula is C37H39ClF5N5O3S. The molecule has 2 unspecified atom stereocenters. The number of carbonyl (C=O) groups excluding carboxylic acids is 1. The van der Waals surface area contributed by atoms with Crippen molar-refractivity contribution in [2.75, 3.05) is 26.2 Å². The number of para-hydroxylation sites is 2. The molecule has 7 rings (SSSR count). The predicted octanol–water partition coefficient (Wildman–Crippen LogP) is 7.55. The quantitative estimate of drug-likeness (QED) is 0.178. The van der Waals surface area contributed by atoms with E-state index >= 15 is 4.39 Å². The van der Waals surface area contributed by atoms with Crippen molar-refractivity contribution in [3.05, 3.63) is 94.3 Å². The number of likely N-dealkylation sites (tertiary alicyclic amines) is 1. The van der Waals surface area contributed by atoms with Gasteiger partial charge < -0.3 is 9.47 Å². The molecule has 1 amide bonds. The Bertz CT molecular complexity index is 2090. The van der Waals surface area contributed by atoms with E-state index in [1.54, 1.807) is 6.07 Å². The van der Waals surface area contributed by atoms with Crippen molar-refractivity contribution in [3.8, 4) is 0 Å². The maximum atomic E-state index is 15.1. The van der Waals surface area contributed by atoms with Crippen molar-refractivity contribution >= 4 is 38.6 Å². The van der Waals surface area contributed by atoms with Crippen molar-refractivity contribution in [1.29, 1.82) is 0 Å². The number of piperidine rings is 2. The van der Waals surface area contributed by atoms with E-state index in [9.17, 15) is 30.8 Å². The normalized spacial score (nSPS) is 22.3. The van der Waals surface area contributed by atoms with Gasteiger partial charge in [-0.1, -0.05) is 35.9 Å². The average molecular weight is 764 g/mol. The Balaban J connectivity index is 1.07. The number of fused-ring (bicyclic) bond motifs is 3. The first-order valence-corrected chi connectivity index (χ1v) is 19.3. The fourth-order valence-electron chi connectivity index (χ4n) is 8.75. The highest BCUT2D eigenvalue weighted by Gasteiger charge is 2.44. The minimum absolute atomic E-state index is 0.174. The number of hydrogen-bond donors (Lipinski definition) is 1. The lowest BCUT2D eigenvalue weighted by Gasteiger charge is -2.45. The summed E-state index contributed by atoms with van der Waals surface area (Å²) in [4.78, 5) is 21.6. The van der Waals surface area contributed by atoms with Gasteiger partial charge in [-0.25, -0.2) is 26.9 Å². The second kappa shape index (κ2) is 14.0. The van der Waals surface area contributed by atoms with Crippen LogP contribution in [-0.2, 0) is 15.4 Å². The van der Waals surface area contributed by atoms with Crippen molar-refractivity contribution in [1.82, 2.24) is 24.1 Å². The van der Waals surface area contributed by atoms with Crippen molar-refractivity contribution in [3.63, 3.8) is 0 Å². The van der Waals surface area contributed by atoms with Crippen LogP contribution in [0.2, 0.25) is 5.02 Å². The summed E-state index contributed by atoms with van der Waals surface area (Å²) in [6.45, 7) is 1.34. The van der Waals surface area contributed by atoms with Gasteiger partial charge in [-0.2, -0.15) is 13.2 Å². The molecule has 0 spiro atoms. The van der Waals surface area contributed by atoms with Crippen LogP contribution in [0.15, 0.2) is 65.6 Å². The van der Waals surface area contributed by atoms with Crippen LogP contribution < -0.4 is 4.72 Å². The van der Waals surface area contributed by atoms with Gasteiger partial charge in [0.1, 0.15) is 28.9 Å². The molecule has 0 aliphatic carbocycles. The molecule has 4 heterocycles. The van der Waals surface area contributed by atoms with E-state index in [0.717, 1.165) is 54.6 Å². The maximum Gasteiger partial charge on any atom is 0.402 e. The zero-order valence-electron chi connectivity index (χ0n) is 28.5. The van der Waals surface area contributed by atoms with E-state index in [4.69, 9.17) is 16.6 Å². The summed E-state index contributed by atoms with van der Waals surface area (Å²) in [6, 6.07) is 17.1. The molecule has 8 nitrogen and oxygen atoms in total. The number of amides is 1. The molecule has 3 aliphatic heterocycles. The number of benzene rings is 3. The number of carbonyl (C=O) groups is 1. The molecule has 0 saturated carbocycles. The molecule has 1 N–H and O–H groups in total. The van der Waals surface area contributed by atoms with Gasteiger partial charge in [0.2, 0.25) is 10.0 Å². The van der Waals surface area contributed by atoms with Gasteiger partial charge >= 0.3 is 6.18 Å². The number of alkyl halides is 3. The Hall–Kier alpha value is -3.59. The fraction of sp³-hybridized carbons (Fsp3) is 0.459. The van der Waals surface area contributed by atoms with Crippen LogP contribution in [0.25, 0.3) is 11.0 Å². The maximum absolute atomic E-state index is 15.1. The Kier molecular flexibility index (Phi) is 9.89. The van der Waals surface area contributed by atoms with Crippen molar-refractivity contribution in [2.24, 2.45) is 0 Å². The third-order valence-corrected chi connectivity index (χ3v) is 13.2. The first-order valence-electron chi connectivity index (χ1n) is 17.4. The largest absolute Gasteiger partial charge is 0.402 e. The van der Waals surface area contributed by atoms with Gasteiger partial charge in [-0.05, 0) is 106 Å². The standard InChI is InChI=1S/C37H39ClF5N5O3S/c1-23-45-32-7-2-3-8-33(32)48(23)28-18-26-9-10-27(19-28)47(26)16-13-36(24-5-4-6-25(39)17-24)11-14-46(15-12-36)35(49)29-20-34(30(38)21-31(29)40)52(50,51)44-22-37(41,42)43/h2-8,17,20-21,26-28,44H,9-16,18-19,22H2,1H3. The summed E-state index contributed by atoms with van der Waals surface area (Å²) in [5, 5.41) is -0.654. The Morgan fingerprint density at radius 3 is 2.35 bits per heavy atom. The van der Waals surface area contributed by atoms with E-state index in [2.05, 4.69) is 22.5 Å². The van der Waals surface area contributed by atoms with E-state index in [0.29, 0.717) is 49.5 Å². The molecule has 3 fully saturated rings. The van der Waals surface area contributed by atoms with E-state index in [-0.39, 0.29) is 18.9 Å². The second-order valence-corrected chi connectivity index (χ2v) is 16.4. The monoisotopic (exact) mass is 763 g/mol. The highest BCUT2D eigenvalue weighted by Crippen LogP contribution is 2.45. The van der Waals surface area contributed by atoms with Gasteiger partial charge in [-0.3, -0.25) is 9.69 Å². The zero-order valence-corrected chi connectivity index (χ0v) is 30.0. The number of aromatic nitrogens is 2. The summed E-state index contributed by atoms with van der Waals surface area (Å²) in [5.41, 5.74) is 1.87. The summed E-state index contributed by atoms with van der Waals surface area (Å²) in [5.74, 6) is -1.25. The van der Waals surface area contributed by atoms with Crippen LogP contribution in [0.3, 0.4) is 0 Å². The number of nitrogens with zero attached hydrogens (tertiary/aromatic N) is 4. The Labute approximate surface area is 304 Å². The van der Waals surface area contributed by atoms with Crippen LogP contribution in [0.1, 0.15) is 72.7 Å². The van der Waals surface area contributed by atoms with Crippen LogP contribution >= 0.6 is 11.6 Å². The SMILES string of the molecule is Cc1nc2ccccc2n1C1CC2CCC(C1)N2CCC1(c2cccc(F)c2)CCN(C(=O)c2cc(S(=O)(=O)NCC(F)(F)F)c(Cl)cc2F)CC1. The number of aryl methyl sites for hydroxylation is 1. The highest BCUT2D eigenvalue weighted by atomic mass is 35.5. The van der Waals surface area contributed by atoms with E-state index < -0.39 is 55.4 Å². The summed E-state index contributed by atoms with van der Waals surface area (Å²) < 4.78 is 97.1. The molecule has 278 valence electrons. The molecule has 3 aromatic carbocycles. The van der Waals surface area contributed by atoms with Gasteiger partial charge in [0, 0.05) is 31.2 Å². The lowest BCUT2D eigenvalue weighted by Crippen LogP contribution is -2.49. The minimum Gasteiger partial charge on any atom is -0.338 e. The molecule has 4 aromatic rings. The molecule has 3 saturated heterocycles. The fourth-order valence-corrected chi connectivity index (χ4v) is 10.3. The number of halogens is 6. The van der Waals surface area contributed by atoms with Crippen molar-refractivity contribution < 1.29 is 35.2 Å². The first-order chi connectivity index (χ1) is 24.6. The smallest absolute Gasteiger partial charge is 0.338 e. The molecule has 15 heteroatoms. The van der Waals surface area contributed by atoms with Crippen LogP contribution in [0, 0.1) is 18.6 Å². The third kappa shape index (κ3) is 7.19. The number of imidazole rings is 1. The zero-order chi connectivity index (χ0) is 37.0. The molecule has 0 radical (unpaired) electrons. The van der Waals surface area contributed by atoms with Gasteiger partial charge in [0.05, 0.1) is 21.6 Å². The van der Waals surface area contributed by atoms with Crippen LogP contribution in [0.5, 0.6) is 0 Å². The lowest BCUT2D eigenvalue weighted by molar-refractivity contribution is -0.121. The van der Waals surface area contributed by atoms with E-state index in [1.165, 1.54) is 21.8 Å². The lowest BCUT2D eigenvalue weighted by atomic mass is 9.70. The molecule has 2 bridgehead atoms. The molecular weight excluding hydrogens is 725 g/mol. The average Bonchev–Trinajstić information content (AvgIpc) is 3.56. The van der Waals surface area contributed by atoms with Gasteiger partial charge in [0.25, 0.3) is 5.91 Å². The predicted molar refractivity (Wildman–Crippen MR) is 187 cm³/mol. The number of rotatable bonds is 9. The topological polar surface area (TPSA) is 87.5 Å². The Morgan fingerprint density at radius 2 is 1.67 bits per heavy atom.